The van der Waals surface area contributed by atoms with Crippen LogP contribution in [0.1, 0.15) is 21.7 Å². The lowest BCUT2D eigenvalue weighted by Crippen LogP contribution is -2.28. The van der Waals surface area contributed by atoms with Crippen molar-refractivity contribution in [2.24, 2.45) is 0 Å². The maximum atomic E-state index is 12.5. The van der Waals surface area contributed by atoms with Crippen LogP contribution in [0.2, 0.25) is 0 Å². The van der Waals surface area contributed by atoms with Crippen LogP contribution in [-0.2, 0) is 19.5 Å². The van der Waals surface area contributed by atoms with Crippen LogP contribution in [0.5, 0.6) is 5.75 Å². The lowest BCUT2D eigenvalue weighted by molar-refractivity contribution is 0.0917. The molecule has 166 valence electrons. The van der Waals surface area contributed by atoms with Crippen LogP contribution >= 0.6 is 0 Å². The molecule has 1 heterocycles. The number of nitriles is 1. The zero-order valence-corrected chi connectivity index (χ0v) is 18.0. The molecule has 3 aromatic carbocycles. The lowest BCUT2D eigenvalue weighted by atomic mass is 10.2. The van der Waals surface area contributed by atoms with Crippen molar-refractivity contribution in [1.29, 1.82) is 5.26 Å². The summed E-state index contributed by atoms with van der Waals surface area (Å²) in [5.41, 5.74) is 3.16. The van der Waals surface area contributed by atoms with Gasteiger partial charge in [-0.25, -0.2) is 4.98 Å². The van der Waals surface area contributed by atoms with Gasteiger partial charge in [-0.15, -0.1) is 0 Å². The number of imidazole rings is 1. The second-order valence-corrected chi connectivity index (χ2v) is 7.62. The number of ether oxygens (including phenoxy) is 1. The van der Waals surface area contributed by atoms with Gasteiger partial charge in [-0.3, -0.25) is 4.79 Å². The molecular weight excluding hydrogens is 416 g/mol. The number of aromatic nitrogens is 2. The maximum absolute atomic E-state index is 12.5. The van der Waals surface area contributed by atoms with E-state index in [-0.39, 0.29) is 25.6 Å². The van der Waals surface area contributed by atoms with Crippen LogP contribution in [0.15, 0.2) is 78.9 Å². The third-order valence-electron chi connectivity index (χ3n) is 5.22. The normalized spacial score (nSPS) is 11.6. The number of carbonyl (C=O) groups excluding carboxylic acids is 1. The number of aliphatic hydroxyl groups excluding tert-OH is 1. The second kappa shape index (κ2) is 10.4. The quantitative estimate of drug-likeness (QED) is 0.415. The number of benzene rings is 3. The van der Waals surface area contributed by atoms with Gasteiger partial charge in [-0.2, -0.15) is 5.26 Å². The van der Waals surface area contributed by atoms with Gasteiger partial charge in [0.25, 0.3) is 5.91 Å². The van der Waals surface area contributed by atoms with E-state index in [4.69, 9.17) is 10.00 Å². The van der Waals surface area contributed by atoms with Gasteiger partial charge in [0.2, 0.25) is 0 Å². The number of nitrogens with one attached hydrogen (secondary N) is 1. The first-order valence-corrected chi connectivity index (χ1v) is 10.7. The fourth-order valence-corrected chi connectivity index (χ4v) is 3.57. The first-order valence-electron chi connectivity index (χ1n) is 10.7. The third-order valence-corrected chi connectivity index (χ3v) is 5.22. The van der Waals surface area contributed by atoms with Crippen molar-refractivity contribution in [2.45, 2.75) is 25.6 Å². The molecule has 0 saturated carbocycles. The van der Waals surface area contributed by atoms with E-state index in [1.165, 1.54) is 0 Å². The lowest BCUT2D eigenvalue weighted by Gasteiger charge is -2.16. The summed E-state index contributed by atoms with van der Waals surface area (Å²) in [7, 11) is 0. The van der Waals surface area contributed by atoms with E-state index in [0.717, 1.165) is 16.6 Å². The minimum absolute atomic E-state index is 0.0971. The van der Waals surface area contributed by atoms with E-state index in [1.807, 2.05) is 59.2 Å². The Labute approximate surface area is 191 Å². The van der Waals surface area contributed by atoms with Crippen molar-refractivity contribution in [1.82, 2.24) is 14.9 Å². The van der Waals surface area contributed by atoms with Crippen LogP contribution in [0.3, 0.4) is 0 Å². The van der Waals surface area contributed by atoms with E-state index in [1.54, 1.807) is 24.3 Å². The van der Waals surface area contributed by atoms with Gasteiger partial charge in [-0.1, -0.05) is 42.5 Å². The highest BCUT2D eigenvalue weighted by molar-refractivity contribution is 5.94. The van der Waals surface area contributed by atoms with Gasteiger partial charge in [0, 0.05) is 5.56 Å². The maximum Gasteiger partial charge on any atom is 0.251 e. The molecule has 0 spiro atoms. The smallest absolute Gasteiger partial charge is 0.251 e. The fourth-order valence-electron chi connectivity index (χ4n) is 3.57. The van der Waals surface area contributed by atoms with E-state index in [2.05, 4.69) is 16.4 Å². The number of fused-ring (bicyclic) bond motifs is 1. The summed E-state index contributed by atoms with van der Waals surface area (Å²) >= 11 is 0. The van der Waals surface area contributed by atoms with E-state index >= 15 is 0 Å². The average Bonchev–Trinajstić information content (AvgIpc) is 3.20. The van der Waals surface area contributed by atoms with E-state index < -0.39 is 6.10 Å². The molecule has 0 fully saturated rings. The predicted octanol–water partition coefficient (Wildman–Crippen LogP) is 3.47. The summed E-state index contributed by atoms with van der Waals surface area (Å²) in [5.74, 6) is 1.10. The van der Waals surface area contributed by atoms with Crippen molar-refractivity contribution in [2.75, 3.05) is 6.61 Å². The topological polar surface area (TPSA) is 100 Å². The molecule has 0 bridgehead atoms. The number of rotatable bonds is 9. The molecule has 0 radical (unpaired) electrons. The monoisotopic (exact) mass is 440 g/mol. The Morgan fingerprint density at radius 2 is 1.79 bits per heavy atom. The molecule has 0 saturated heterocycles. The Hall–Kier alpha value is -4.15. The molecule has 0 aliphatic rings. The highest BCUT2D eigenvalue weighted by Gasteiger charge is 2.16. The molecule has 7 nitrogen and oxygen atoms in total. The molecule has 1 atom stereocenters. The first-order chi connectivity index (χ1) is 16.1. The third kappa shape index (κ3) is 5.56. The molecule has 0 unspecified atom stereocenters. The number of amides is 1. The standard InChI is InChI=1S/C26H24N4O3/c27-15-14-19-10-12-22(13-11-19)33-18-21(31)17-30-24-9-5-4-8-23(24)29-25(30)16-28-26(32)20-6-2-1-3-7-20/h1-13,21,31H,14,16-18H2,(H,28,32)/t21-/m0/s1. The molecule has 1 aromatic heterocycles. The summed E-state index contributed by atoms with van der Waals surface area (Å²) in [6.07, 6.45) is -0.440. The van der Waals surface area contributed by atoms with Crippen LogP contribution in [0.4, 0.5) is 0 Å². The second-order valence-electron chi connectivity index (χ2n) is 7.62. The van der Waals surface area contributed by atoms with Gasteiger partial charge < -0.3 is 19.7 Å². The summed E-state index contributed by atoms with van der Waals surface area (Å²) in [6.45, 7) is 0.597. The van der Waals surface area contributed by atoms with Gasteiger partial charge in [0.05, 0.1) is 36.6 Å². The SMILES string of the molecule is N#CCc1ccc(OC[C@@H](O)Cn2c(CNC(=O)c3ccccc3)nc3ccccc32)cc1. The van der Waals surface area contributed by atoms with Gasteiger partial charge in [-0.05, 0) is 42.0 Å². The Balaban J connectivity index is 1.43. The van der Waals surface area contributed by atoms with Crippen molar-refractivity contribution >= 4 is 16.9 Å². The first kappa shape index (κ1) is 22.1. The molecular formula is C26H24N4O3. The molecule has 4 aromatic rings. The van der Waals surface area contributed by atoms with Crippen LogP contribution in [0.25, 0.3) is 11.0 Å². The van der Waals surface area contributed by atoms with Crippen LogP contribution in [-0.4, -0.2) is 33.3 Å². The summed E-state index contributed by atoms with van der Waals surface area (Å²) in [6, 6.07) is 26.0. The summed E-state index contributed by atoms with van der Waals surface area (Å²) in [4.78, 5) is 17.1. The van der Waals surface area contributed by atoms with Gasteiger partial charge in [0.15, 0.2) is 0 Å². The molecule has 4 rings (SSSR count). The number of carbonyl (C=O) groups is 1. The Kier molecular flexibility index (Phi) is 6.98. The Morgan fingerprint density at radius 1 is 1.06 bits per heavy atom. The molecule has 1 amide bonds. The molecule has 0 aliphatic heterocycles. The van der Waals surface area contributed by atoms with Gasteiger partial charge >= 0.3 is 0 Å². The predicted molar refractivity (Wildman–Crippen MR) is 125 cm³/mol. The largest absolute Gasteiger partial charge is 0.491 e. The summed E-state index contributed by atoms with van der Waals surface area (Å²) < 4.78 is 7.63. The number of nitrogens with zero attached hydrogens (tertiary/aromatic N) is 3. The van der Waals surface area contributed by atoms with Crippen LogP contribution < -0.4 is 10.1 Å². The zero-order valence-electron chi connectivity index (χ0n) is 18.0. The number of hydrogen-bond acceptors (Lipinski definition) is 5. The zero-order chi connectivity index (χ0) is 23.0. The average molecular weight is 441 g/mol. The molecule has 7 heteroatoms. The Morgan fingerprint density at radius 3 is 2.55 bits per heavy atom. The summed E-state index contributed by atoms with van der Waals surface area (Å²) in [5, 5.41) is 22.3. The highest BCUT2D eigenvalue weighted by atomic mass is 16.5. The minimum atomic E-state index is -0.787. The minimum Gasteiger partial charge on any atom is -0.491 e. The van der Waals surface area contributed by atoms with E-state index in [0.29, 0.717) is 23.6 Å². The molecule has 0 aliphatic carbocycles. The number of para-hydroxylation sites is 2. The fraction of sp³-hybridized carbons (Fsp3) is 0.192. The molecule has 2 N–H and O–H groups in total. The Bertz CT molecular complexity index is 1260. The van der Waals surface area contributed by atoms with Crippen molar-refractivity contribution in [3.63, 3.8) is 0 Å². The van der Waals surface area contributed by atoms with Crippen molar-refractivity contribution < 1.29 is 14.6 Å². The van der Waals surface area contributed by atoms with E-state index in [9.17, 15) is 9.90 Å². The highest BCUT2D eigenvalue weighted by Crippen LogP contribution is 2.18. The molecule has 33 heavy (non-hydrogen) atoms. The van der Waals surface area contributed by atoms with Gasteiger partial charge in [0.1, 0.15) is 24.3 Å². The van der Waals surface area contributed by atoms with Crippen molar-refractivity contribution in [3.05, 3.63) is 95.8 Å². The van der Waals surface area contributed by atoms with Crippen LogP contribution in [0, 0.1) is 11.3 Å². The number of aliphatic hydroxyl groups is 1. The number of hydrogen-bond donors (Lipinski definition) is 2. The van der Waals surface area contributed by atoms with Crippen molar-refractivity contribution in [3.8, 4) is 11.8 Å².